The topological polar surface area (TPSA) is 84.1 Å². The van der Waals surface area contributed by atoms with Crippen LogP contribution < -0.4 is 4.72 Å². The van der Waals surface area contributed by atoms with Gasteiger partial charge in [-0.05, 0) is 19.8 Å². The Balaban J connectivity index is 1.75. The highest BCUT2D eigenvalue weighted by molar-refractivity contribution is 7.89. The number of rotatable bonds is 6. The number of hydrogen-bond donors (Lipinski definition) is 2. The van der Waals surface area contributed by atoms with Gasteiger partial charge in [-0.1, -0.05) is 12.8 Å². The van der Waals surface area contributed by atoms with Crippen molar-refractivity contribution in [1.82, 2.24) is 14.7 Å². The molecule has 0 amide bonds. The van der Waals surface area contributed by atoms with Gasteiger partial charge in [-0.15, -0.1) is 0 Å². The predicted octanol–water partition coefficient (Wildman–Crippen LogP) is 0.956. The van der Waals surface area contributed by atoms with Gasteiger partial charge in [-0.25, -0.2) is 18.1 Å². The molecule has 0 spiro atoms. The average Bonchev–Trinajstić information content (AvgIpc) is 2.95. The highest BCUT2D eigenvalue weighted by atomic mass is 32.2. The van der Waals surface area contributed by atoms with Gasteiger partial charge in [-0.2, -0.15) is 0 Å². The van der Waals surface area contributed by atoms with E-state index in [1.165, 1.54) is 19.0 Å². The Morgan fingerprint density at radius 2 is 2.22 bits per heavy atom. The van der Waals surface area contributed by atoms with Crippen molar-refractivity contribution in [3.63, 3.8) is 0 Å². The lowest BCUT2D eigenvalue weighted by molar-refractivity contribution is 0.0626. The molecule has 0 bridgehead atoms. The maximum Gasteiger partial charge on any atom is 0.257 e. The first-order valence-corrected chi connectivity index (χ1v) is 7.69. The van der Waals surface area contributed by atoms with Gasteiger partial charge in [0.05, 0.1) is 18.9 Å². The first-order chi connectivity index (χ1) is 8.58. The van der Waals surface area contributed by atoms with Crippen LogP contribution in [0.15, 0.2) is 11.2 Å². The number of hydrogen-bond acceptors (Lipinski definition) is 4. The van der Waals surface area contributed by atoms with Crippen molar-refractivity contribution in [3.05, 3.63) is 12.0 Å². The fourth-order valence-electron chi connectivity index (χ4n) is 2.07. The van der Waals surface area contributed by atoms with Crippen molar-refractivity contribution >= 4 is 10.0 Å². The molecule has 1 heterocycles. The summed E-state index contributed by atoms with van der Waals surface area (Å²) in [6.07, 6.45) is 6.23. The molecule has 0 atom stereocenters. The second-order valence-corrected chi connectivity index (χ2v) is 6.24. The zero-order valence-corrected chi connectivity index (χ0v) is 11.3. The zero-order chi connectivity index (χ0) is 13.0. The molecule has 102 valence electrons. The lowest BCUT2D eigenvalue weighted by Gasteiger charge is -2.11. The summed E-state index contributed by atoms with van der Waals surface area (Å²) in [5.41, 5.74) is 0. The van der Waals surface area contributed by atoms with Crippen LogP contribution in [-0.2, 0) is 14.8 Å². The summed E-state index contributed by atoms with van der Waals surface area (Å²) in [6, 6.07) is 0. The molecule has 2 N–H and O–H groups in total. The zero-order valence-electron chi connectivity index (χ0n) is 10.5. The van der Waals surface area contributed by atoms with Crippen LogP contribution in [0.1, 0.15) is 31.5 Å². The molecule has 0 aromatic carbocycles. The van der Waals surface area contributed by atoms with Gasteiger partial charge in [0.25, 0.3) is 10.0 Å². The standard InChI is InChI=1S/C11H19N3O3S/c1-9-12-8-11(14-9)18(15,16)13-6-7-17-10-4-2-3-5-10/h8,10,13H,2-7H2,1H3,(H,12,14). The Bertz CT molecular complexity index is 477. The van der Waals surface area contributed by atoms with E-state index in [4.69, 9.17) is 4.74 Å². The molecule has 0 radical (unpaired) electrons. The number of sulfonamides is 1. The van der Waals surface area contributed by atoms with Crippen LogP contribution in [0.3, 0.4) is 0 Å². The normalized spacial score (nSPS) is 17.4. The molecule has 1 aliphatic rings. The van der Waals surface area contributed by atoms with Crippen molar-refractivity contribution in [3.8, 4) is 0 Å². The molecule has 1 aliphatic carbocycles. The predicted molar refractivity (Wildman–Crippen MR) is 66.7 cm³/mol. The summed E-state index contributed by atoms with van der Waals surface area (Å²) in [5, 5.41) is 0.0980. The van der Waals surface area contributed by atoms with Gasteiger partial charge in [0.15, 0.2) is 5.03 Å². The first kappa shape index (κ1) is 13.5. The number of H-pyrrole nitrogens is 1. The maximum atomic E-state index is 11.8. The number of imidazole rings is 1. The molecule has 2 rings (SSSR count). The third kappa shape index (κ3) is 3.54. The molecule has 6 nitrogen and oxygen atoms in total. The van der Waals surface area contributed by atoms with Gasteiger partial charge >= 0.3 is 0 Å². The quantitative estimate of drug-likeness (QED) is 0.756. The minimum atomic E-state index is -3.48. The van der Waals surface area contributed by atoms with E-state index < -0.39 is 10.0 Å². The Morgan fingerprint density at radius 1 is 1.50 bits per heavy atom. The van der Waals surface area contributed by atoms with E-state index in [0.29, 0.717) is 18.5 Å². The fraction of sp³-hybridized carbons (Fsp3) is 0.727. The van der Waals surface area contributed by atoms with Crippen LogP contribution in [-0.4, -0.2) is 37.6 Å². The highest BCUT2D eigenvalue weighted by Gasteiger charge is 2.17. The minimum absolute atomic E-state index is 0.0980. The van der Waals surface area contributed by atoms with E-state index in [1.807, 2.05) is 0 Å². The molecule has 0 aliphatic heterocycles. The second kappa shape index (κ2) is 5.81. The number of aryl methyl sites for hydroxylation is 1. The molecule has 1 aromatic rings. The number of ether oxygens (including phenoxy) is 1. The van der Waals surface area contributed by atoms with Gasteiger partial charge in [0.2, 0.25) is 0 Å². The van der Waals surface area contributed by atoms with Crippen molar-refractivity contribution in [2.24, 2.45) is 0 Å². The van der Waals surface area contributed by atoms with Crippen molar-refractivity contribution < 1.29 is 13.2 Å². The summed E-state index contributed by atoms with van der Waals surface area (Å²) in [7, 11) is -3.48. The molecule has 1 fully saturated rings. The van der Waals surface area contributed by atoms with Gasteiger partial charge in [0.1, 0.15) is 5.82 Å². The van der Waals surface area contributed by atoms with E-state index in [-0.39, 0.29) is 11.6 Å². The number of aromatic nitrogens is 2. The minimum Gasteiger partial charge on any atom is -0.377 e. The second-order valence-electron chi connectivity index (χ2n) is 4.51. The maximum absolute atomic E-state index is 11.8. The monoisotopic (exact) mass is 273 g/mol. The van der Waals surface area contributed by atoms with Crippen LogP contribution >= 0.6 is 0 Å². The van der Waals surface area contributed by atoms with Crippen molar-refractivity contribution in [1.29, 1.82) is 0 Å². The van der Waals surface area contributed by atoms with Crippen molar-refractivity contribution in [2.75, 3.05) is 13.2 Å². The van der Waals surface area contributed by atoms with Gasteiger partial charge in [0, 0.05) is 6.54 Å². The molecule has 1 saturated carbocycles. The van der Waals surface area contributed by atoms with Crippen LogP contribution in [0.25, 0.3) is 0 Å². The molecule has 1 aromatic heterocycles. The van der Waals surface area contributed by atoms with E-state index in [1.54, 1.807) is 6.92 Å². The molecular formula is C11H19N3O3S. The number of nitrogens with zero attached hydrogens (tertiary/aromatic N) is 1. The Morgan fingerprint density at radius 3 is 2.83 bits per heavy atom. The molecular weight excluding hydrogens is 254 g/mol. The largest absolute Gasteiger partial charge is 0.377 e. The molecule has 0 saturated heterocycles. The summed E-state index contributed by atoms with van der Waals surface area (Å²) in [6.45, 7) is 2.41. The smallest absolute Gasteiger partial charge is 0.257 e. The number of aromatic amines is 1. The summed E-state index contributed by atoms with van der Waals surface area (Å²) >= 11 is 0. The van der Waals surface area contributed by atoms with E-state index >= 15 is 0 Å². The van der Waals surface area contributed by atoms with Gasteiger partial charge < -0.3 is 9.72 Å². The van der Waals surface area contributed by atoms with Crippen molar-refractivity contribution in [2.45, 2.75) is 43.7 Å². The SMILES string of the molecule is Cc1ncc(S(=O)(=O)NCCOC2CCCC2)[nH]1. The summed E-state index contributed by atoms with van der Waals surface area (Å²) in [4.78, 5) is 6.56. The summed E-state index contributed by atoms with van der Waals surface area (Å²) < 4.78 is 31.7. The Labute approximate surface area is 107 Å². The Hall–Kier alpha value is -0.920. The van der Waals surface area contributed by atoms with Crippen LogP contribution in [0.2, 0.25) is 0 Å². The van der Waals surface area contributed by atoms with Crippen LogP contribution in [0, 0.1) is 6.92 Å². The highest BCUT2D eigenvalue weighted by Crippen LogP contribution is 2.20. The van der Waals surface area contributed by atoms with E-state index in [2.05, 4.69) is 14.7 Å². The fourth-order valence-corrected chi connectivity index (χ4v) is 3.05. The first-order valence-electron chi connectivity index (χ1n) is 6.21. The molecule has 0 unspecified atom stereocenters. The lowest BCUT2D eigenvalue weighted by atomic mass is 10.3. The number of nitrogens with one attached hydrogen (secondary N) is 2. The molecule has 18 heavy (non-hydrogen) atoms. The van der Waals surface area contributed by atoms with Gasteiger partial charge in [-0.3, -0.25) is 0 Å². The van der Waals surface area contributed by atoms with E-state index in [0.717, 1.165) is 12.8 Å². The molecule has 7 heteroatoms. The average molecular weight is 273 g/mol. The Kier molecular flexibility index (Phi) is 4.36. The lowest BCUT2D eigenvalue weighted by Crippen LogP contribution is -2.28. The van der Waals surface area contributed by atoms with Crippen LogP contribution in [0.5, 0.6) is 0 Å². The van der Waals surface area contributed by atoms with Crippen LogP contribution in [0.4, 0.5) is 0 Å². The summed E-state index contributed by atoms with van der Waals surface area (Å²) in [5.74, 6) is 0.581. The third-order valence-corrected chi connectivity index (χ3v) is 4.39. The van der Waals surface area contributed by atoms with E-state index in [9.17, 15) is 8.42 Å². The third-order valence-electron chi connectivity index (χ3n) is 3.02.